The van der Waals surface area contributed by atoms with E-state index in [1.807, 2.05) is 6.92 Å². The van der Waals surface area contributed by atoms with Crippen molar-refractivity contribution in [2.24, 2.45) is 4.99 Å². The number of hydrogen-bond acceptors (Lipinski definition) is 7. The number of aryl methyl sites for hydroxylation is 1. The van der Waals surface area contributed by atoms with Crippen molar-refractivity contribution in [1.82, 2.24) is 0 Å². The van der Waals surface area contributed by atoms with Gasteiger partial charge in [-0.05, 0) is 42.8 Å². The van der Waals surface area contributed by atoms with Gasteiger partial charge in [-0.3, -0.25) is 9.79 Å². The summed E-state index contributed by atoms with van der Waals surface area (Å²) in [6, 6.07) is 14.8. The summed E-state index contributed by atoms with van der Waals surface area (Å²) >= 11 is 6.13. The van der Waals surface area contributed by atoms with Crippen LogP contribution in [-0.2, 0) is 11.2 Å². The molecule has 3 rings (SSSR count). The van der Waals surface area contributed by atoms with Crippen LogP contribution in [0.3, 0.4) is 0 Å². The van der Waals surface area contributed by atoms with E-state index in [1.165, 1.54) is 30.5 Å². The number of aliphatic hydroxyl groups excluding tert-OH is 1. The van der Waals surface area contributed by atoms with Crippen molar-refractivity contribution in [1.29, 1.82) is 0 Å². The molecule has 3 N–H and O–H groups in total. The number of esters is 1. The lowest BCUT2D eigenvalue weighted by molar-refractivity contribution is -0.122. The molecule has 0 aromatic heterocycles. The van der Waals surface area contributed by atoms with E-state index in [4.69, 9.17) is 16.3 Å². The Kier molecular flexibility index (Phi) is 7.82. The highest BCUT2D eigenvalue weighted by molar-refractivity contribution is 6.31. The number of phenolic OH excluding ortho intramolecular Hbond substituents is 2. The number of benzene rings is 3. The van der Waals surface area contributed by atoms with Gasteiger partial charge in [-0.2, -0.15) is 0 Å². The van der Waals surface area contributed by atoms with Crippen molar-refractivity contribution in [2.75, 3.05) is 6.61 Å². The molecule has 0 fully saturated rings. The van der Waals surface area contributed by atoms with Gasteiger partial charge >= 0.3 is 5.97 Å². The van der Waals surface area contributed by atoms with Crippen LogP contribution in [0.5, 0.6) is 17.2 Å². The highest BCUT2D eigenvalue weighted by Gasteiger charge is 2.19. The Morgan fingerprint density at radius 3 is 2.36 bits per heavy atom. The number of Topliss-reactive ketones (excluding diaryl/α,β-unsaturated/α-hetero) is 1. The minimum Gasteiger partial charge on any atom is -0.508 e. The zero-order valence-corrected chi connectivity index (χ0v) is 18.5. The summed E-state index contributed by atoms with van der Waals surface area (Å²) < 4.78 is 5.31. The lowest BCUT2D eigenvalue weighted by Crippen LogP contribution is -2.24. The minimum atomic E-state index is -0.934. The minimum absolute atomic E-state index is 0.0869. The predicted molar refractivity (Wildman–Crippen MR) is 125 cm³/mol. The van der Waals surface area contributed by atoms with Crippen molar-refractivity contribution in [3.8, 4) is 17.2 Å². The fourth-order valence-corrected chi connectivity index (χ4v) is 3.22. The number of rotatable bonds is 8. The average Bonchev–Trinajstić information content (AvgIpc) is 2.80. The van der Waals surface area contributed by atoms with Crippen LogP contribution in [0, 0.1) is 6.92 Å². The Labute approximate surface area is 195 Å². The summed E-state index contributed by atoms with van der Waals surface area (Å²) in [4.78, 5) is 28.8. The third kappa shape index (κ3) is 6.41. The monoisotopic (exact) mass is 467 g/mol. The molecule has 0 aliphatic carbocycles. The van der Waals surface area contributed by atoms with Crippen molar-refractivity contribution in [3.63, 3.8) is 0 Å². The number of aliphatic imine (C=N–C) groups is 1. The van der Waals surface area contributed by atoms with Crippen molar-refractivity contribution >= 4 is 29.6 Å². The second-order valence-electron chi connectivity index (χ2n) is 7.39. The number of carbonyl (C=O) groups is 2. The third-order valence-electron chi connectivity index (χ3n) is 4.85. The van der Waals surface area contributed by atoms with Crippen molar-refractivity contribution in [3.05, 3.63) is 87.9 Å². The van der Waals surface area contributed by atoms with Crippen molar-refractivity contribution < 1.29 is 29.6 Å². The fraction of sp³-hybridized carbons (Fsp3) is 0.160. The molecule has 0 amide bonds. The van der Waals surface area contributed by atoms with Gasteiger partial charge in [0, 0.05) is 29.3 Å². The number of nitrogens with zero attached hydrogens (tertiary/aromatic N) is 1. The summed E-state index contributed by atoms with van der Waals surface area (Å²) in [7, 11) is 0. The van der Waals surface area contributed by atoms with E-state index in [1.54, 1.807) is 36.4 Å². The Morgan fingerprint density at radius 2 is 1.73 bits per heavy atom. The van der Waals surface area contributed by atoms with E-state index in [0.29, 0.717) is 5.56 Å². The summed E-state index contributed by atoms with van der Waals surface area (Å²) in [5.41, 5.74) is 2.14. The van der Waals surface area contributed by atoms with E-state index in [-0.39, 0.29) is 34.3 Å². The van der Waals surface area contributed by atoms with Crippen LogP contribution in [-0.4, -0.2) is 45.9 Å². The first-order valence-electron chi connectivity index (χ1n) is 10.0. The second-order valence-corrected chi connectivity index (χ2v) is 7.82. The van der Waals surface area contributed by atoms with E-state index in [2.05, 4.69) is 4.99 Å². The van der Waals surface area contributed by atoms with Crippen LogP contribution in [0.1, 0.15) is 27.0 Å². The standard InChI is InChI=1S/C25H22ClNO6/c1-15-2-6-17(7-3-15)25(32)33-23-12-19(26)11-18(24(23)31)13-27-21(22(30)14-28)10-16-4-8-20(29)9-5-16/h2-9,11-13,21,28-29,31H,10,14H2,1H3. The van der Waals surface area contributed by atoms with Crippen LogP contribution in [0.25, 0.3) is 0 Å². The number of aliphatic hydroxyl groups is 1. The van der Waals surface area contributed by atoms with Gasteiger partial charge in [-0.25, -0.2) is 4.79 Å². The molecule has 0 saturated heterocycles. The number of ether oxygens (including phenoxy) is 1. The van der Waals surface area contributed by atoms with Gasteiger partial charge in [-0.15, -0.1) is 0 Å². The molecular weight excluding hydrogens is 446 g/mol. The molecule has 170 valence electrons. The van der Waals surface area contributed by atoms with E-state index in [9.17, 15) is 24.9 Å². The molecule has 1 unspecified atom stereocenters. The number of phenols is 2. The SMILES string of the molecule is Cc1ccc(C(=O)Oc2cc(Cl)cc(C=NC(Cc3ccc(O)cc3)C(=O)CO)c2O)cc1. The molecule has 0 bridgehead atoms. The Morgan fingerprint density at radius 1 is 1.06 bits per heavy atom. The van der Waals surface area contributed by atoms with E-state index < -0.39 is 24.4 Å². The van der Waals surface area contributed by atoms with Gasteiger partial charge in [0.1, 0.15) is 18.4 Å². The zero-order valence-electron chi connectivity index (χ0n) is 17.7. The smallest absolute Gasteiger partial charge is 0.343 e. The van der Waals surface area contributed by atoms with Crippen LogP contribution in [0.2, 0.25) is 5.02 Å². The summed E-state index contributed by atoms with van der Waals surface area (Å²) in [6.45, 7) is 1.18. The maximum Gasteiger partial charge on any atom is 0.343 e. The largest absolute Gasteiger partial charge is 0.508 e. The number of carbonyl (C=O) groups excluding carboxylic acids is 2. The lowest BCUT2D eigenvalue weighted by Gasteiger charge is -2.12. The van der Waals surface area contributed by atoms with E-state index >= 15 is 0 Å². The molecule has 3 aromatic carbocycles. The van der Waals surface area contributed by atoms with Crippen molar-refractivity contribution in [2.45, 2.75) is 19.4 Å². The van der Waals surface area contributed by atoms with Gasteiger partial charge in [-0.1, -0.05) is 41.4 Å². The maximum atomic E-state index is 12.4. The molecule has 33 heavy (non-hydrogen) atoms. The fourth-order valence-electron chi connectivity index (χ4n) is 3.00. The van der Waals surface area contributed by atoms with Crippen LogP contribution in [0.15, 0.2) is 65.7 Å². The number of halogens is 1. The summed E-state index contributed by atoms with van der Waals surface area (Å²) in [5.74, 6) is -1.63. The number of hydrogen-bond donors (Lipinski definition) is 3. The van der Waals surface area contributed by atoms with Gasteiger partial charge in [0.25, 0.3) is 0 Å². The topological polar surface area (TPSA) is 116 Å². The quantitative estimate of drug-likeness (QED) is 0.263. The molecule has 1 atom stereocenters. The van der Waals surface area contributed by atoms with Crippen LogP contribution >= 0.6 is 11.6 Å². The molecular formula is C25H22ClNO6. The highest BCUT2D eigenvalue weighted by Crippen LogP contribution is 2.33. The Balaban J connectivity index is 1.84. The Hall–Kier alpha value is -3.68. The molecule has 0 saturated carbocycles. The molecule has 0 aliphatic rings. The van der Waals surface area contributed by atoms with Crippen LogP contribution < -0.4 is 4.74 Å². The van der Waals surface area contributed by atoms with Gasteiger partial charge in [0.05, 0.1) is 5.56 Å². The highest BCUT2D eigenvalue weighted by atomic mass is 35.5. The summed E-state index contributed by atoms with van der Waals surface area (Å²) in [6.07, 6.45) is 1.41. The first kappa shape index (κ1) is 24.0. The normalized spacial score (nSPS) is 12.0. The second kappa shape index (κ2) is 10.8. The summed E-state index contributed by atoms with van der Waals surface area (Å²) in [5, 5.41) is 29.5. The number of ketones is 1. The molecule has 0 radical (unpaired) electrons. The molecule has 8 heteroatoms. The molecule has 0 spiro atoms. The van der Waals surface area contributed by atoms with Gasteiger partial charge in [0.15, 0.2) is 17.3 Å². The molecule has 3 aromatic rings. The lowest BCUT2D eigenvalue weighted by atomic mass is 10.0. The first-order valence-corrected chi connectivity index (χ1v) is 10.4. The van der Waals surface area contributed by atoms with Crippen LogP contribution in [0.4, 0.5) is 0 Å². The zero-order chi connectivity index (χ0) is 24.0. The number of aromatic hydroxyl groups is 2. The average molecular weight is 468 g/mol. The molecule has 0 heterocycles. The first-order chi connectivity index (χ1) is 15.8. The molecule has 0 aliphatic heterocycles. The maximum absolute atomic E-state index is 12.4. The van der Waals surface area contributed by atoms with Gasteiger partial charge < -0.3 is 20.1 Å². The van der Waals surface area contributed by atoms with Gasteiger partial charge in [0.2, 0.25) is 0 Å². The Bertz CT molecular complexity index is 1170. The molecule has 7 nitrogen and oxygen atoms in total. The predicted octanol–water partition coefficient (Wildman–Crippen LogP) is 3.87. The van der Waals surface area contributed by atoms with E-state index in [0.717, 1.165) is 11.1 Å². The third-order valence-corrected chi connectivity index (χ3v) is 5.06.